The largest absolute Gasteiger partial charge is 0.455 e. The van der Waals surface area contributed by atoms with Gasteiger partial charge in [0.1, 0.15) is 11.2 Å². The molecule has 0 atom stereocenters. The molecule has 0 aliphatic carbocycles. The van der Waals surface area contributed by atoms with Crippen LogP contribution in [-0.2, 0) is 0 Å². The summed E-state index contributed by atoms with van der Waals surface area (Å²) in [5.74, 6) is -2.73. The van der Waals surface area contributed by atoms with Gasteiger partial charge in [-0.3, -0.25) is 0 Å². The van der Waals surface area contributed by atoms with Crippen LogP contribution in [0.5, 0.6) is 0 Å². The van der Waals surface area contributed by atoms with E-state index >= 15 is 0 Å². The topological polar surface area (TPSA) is 51.8 Å². The Hall–Kier alpha value is -6.91. The van der Waals surface area contributed by atoms with Gasteiger partial charge in [-0.1, -0.05) is 145 Å². The Bertz CT molecular complexity index is 4540. The Morgan fingerprint density at radius 1 is 0.353 bits per heavy atom. The van der Waals surface area contributed by atoms with E-state index in [-0.39, 0.29) is 0 Å². The molecular formula is C47H29N3O. The quantitative estimate of drug-likeness (QED) is 0.182. The van der Waals surface area contributed by atoms with Gasteiger partial charge in [0.05, 0.1) is 39.8 Å². The number of nitrogens with zero attached hydrogens (tertiary/aromatic N) is 3. The average Bonchev–Trinajstić information content (AvgIpc) is 4.06. The minimum absolute atomic E-state index is 0.521. The highest BCUT2D eigenvalue weighted by atomic mass is 16.3. The van der Waals surface area contributed by atoms with Crippen molar-refractivity contribution in [1.82, 2.24) is 15.0 Å². The molecular weight excluding hydrogens is 623 g/mol. The molecule has 0 bridgehead atoms. The van der Waals surface area contributed by atoms with Crippen LogP contribution in [0, 0.1) is 0 Å². The summed E-state index contributed by atoms with van der Waals surface area (Å²) in [6.07, 6.45) is 0. The predicted octanol–water partition coefficient (Wildman–Crippen LogP) is 12.4. The highest BCUT2D eigenvalue weighted by molar-refractivity contribution is 6.19. The lowest BCUT2D eigenvalue weighted by atomic mass is 9.98. The standard InChI is InChI=1S/C47H29N3O/c1-3-12-30(13-4-1)34-18-11-19-37(27-34)46-48-45(32-15-5-2-6-16-32)49-47(50-46)42-29-41-39-25-24-36(35-23-22-31-14-7-8-17-33(31)26-35)28-43(39)51-44(41)40-21-10-9-20-38(40)42/h1-29H/i1D,2D,3D,4D,5D,6D,7D,8D,9D,10D,11D,12D,13D,14D,15D,16D,17D,18D,19D,20D,21D,22D,23D,24D,25D,26D,27D,28D,29D. The summed E-state index contributed by atoms with van der Waals surface area (Å²) in [4.78, 5) is 13.1. The van der Waals surface area contributed by atoms with Crippen molar-refractivity contribution in [2.45, 2.75) is 0 Å². The van der Waals surface area contributed by atoms with Gasteiger partial charge in [0, 0.05) is 32.8 Å². The van der Waals surface area contributed by atoms with E-state index in [0.717, 1.165) is 0 Å². The molecule has 0 saturated heterocycles. The maximum atomic E-state index is 9.95. The molecule has 0 aliphatic heterocycles. The number of hydrogen-bond acceptors (Lipinski definition) is 4. The summed E-state index contributed by atoms with van der Waals surface area (Å²) in [5.41, 5.74) is -6.75. The van der Waals surface area contributed by atoms with Gasteiger partial charge in [-0.05, 0) is 68.6 Å². The number of benzene rings is 8. The fourth-order valence-electron chi connectivity index (χ4n) is 5.29. The van der Waals surface area contributed by atoms with Crippen molar-refractivity contribution in [2.24, 2.45) is 0 Å². The number of aromatic nitrogens is 3. The zero-order valence-corrected chi connectivity index (χ0v) is 25.2. The van der Waals surface area contributed by atoms with E-state index in [9.17, 15) is 9.60 Å². The van der Waals surface area contributed by atoms with Crippen LogP contribution >= 0.6 is 0 Å². The number of furan rings is 1. The van der Waals surface area contributed by atoms with E-state index in [1.54, 1.807) is 0 Å². The average molecular weight is 681 g/mol. The first-order valence-electron chi connectivity index (χ1n) is 29.2. The lowest BCUT2D eigenvalue weighted by Gasteiger charge is -2.11. The third-order valence-electron chi connectivity index (χ3n) is 7.56. The Morgan fingerprint density at radius 3 is 1.76 bits per heavy atom. The van der Waals surface area contributed by atoms with E-state index in [4.69, 9.17) is 34.6 Å². The molecule has 2 heterocycles. The first-order chi connectivity index (χ1) is 37.3. The third-order valence-corrected chi connectivity index (χ3v) is 7.56. The highest BCUT2D eigenvalue weighted by Crippen LogP contribution is 2.41. The summed E-state index contributed by atoms with van der Waals surface area (Å²) < 4.78 is 262. The van der Waals surface area contributed by atoms with Crippen LogP contribution in [0.25, 0.3) is 99.9 Å². The molecule has 0 N–H and O–H groups in total. The normalized spacial score (nSPS) is 19.5. The molecule has 2 aromatic heterocycles. The Balaban J connectivity index is 1.40. The minimum atomic E-state index is -1.03. The summed E-state index contributed by atoms with van der Waals surface area (Å²) in [7, 11) is 0. The molecule has 0 spiro atoms. The van der Waals surface area contributed by atoms with E-state index in [2.05, 4.69) is 15.0 Å². The van der Waals surface area contributed by atoms with E-state index < -0.39 is 275 Å². The fraction of sp³-hybridized carbons (Fsp3) is 0. The molecule has 10 rings (SSSR count). The zero-order chi connectivity index (χ0) is 59.0. The molecule has 0 saturated carbocycles. The van der Waals surface area contributed by atoms with E-state index in [0.29, 0.717) is 0 Å². The second kappa shape index (κ2) is 11.9. The minimum Gasteiger partial charge on any atom is -0.455 e. The molecule has 10 aromatic rings. The summed E-state index contributed by atoms with van der Waals surface area (Å²) >= 11 is 0. The van der Waals surface area contributed by atoms with Gasteiger partial charge < -0.3 is 4.42 Å². The van der Waals surface area contributed by atoms with E-state index in [1.807, 2.05) is 0 Å². The first kappa shape index (κ1) is 12.1. The van der Waals surface area contributed by atoms with Gasteiger partial charge in [-0.25, -0.2) is 15.0 Å². The monoisotopic (exact) mass is 680 g/mol. The molecule has 0 radical (unpaired) electrons. The Labute approximate surface area is 335 Å². The van der Waals surface area contributed by atoms with Crippen LogP contribution in [0.15, 0.2) is 180 Å². The van der Waals surface area contributed by atoms with E-state index in [1.165, 1.54) is 0 Å². The molecule has 0 unspecified atom stereocenters. The van der Waals surface area contributed by atoms with Crippen molar-refractivity contribution in [1.29, 1.82) is 0 Å². The van der Waals surface area contributed by atoms with Gasteiger partial charge in [0.15, 0.2) is 17.5 Å². The van der Waals surface area contributed by atoms with Gasteiger partial charge >= 0.3 is 0 Å². The van der Waals surface area contributed by atoms with Gasteiger partial charge in [0.2, 0.25) is 0 Å². The lowest BCUT2D eigenvalue weighted by Crippen LogP contribution is -2.00. The van der Waals surface area contributed by atoms with Crippen molar-refractivity contribution in [3.8, 4) is 56.4 Å². The smallest absolute Gasteiger partial charge is 0.164 e. The number of hydrogen-bond donors (Lipinski definition) is 0. The molecule has 0 amide bonds. The maximum absolute atomic E-state index is 9.95. The Morgan fingerprint density at radius 2 is 0.941 bits per heavy atom. The van der Waals surface area contributed by atoms with Gasteiger partial charge in [0.25, 0.3) is 0 Å². The summed E-state index contributed by atoms with van der Waals surface area (Å²) in [6, 6.07) is -26.3. The third kappa shape index (κ3) is 5.13. The maximum Gasteiger partial charge on any atom is 0.164 e. The summed E-state index contributed by atoms with van der Waals surface area (Å²) in [6.45, 7) is 0. The molecule has 4 heteroatoms. The molecule has 8 aromatic carbocycles. The second-order valence-electron chi connectivity index (χ2n) is 10.6. The first-order valence-corrected chi connectivity index (χ1v) is 14.7. The van der Waals surface area contributed by atoms with Crippen LogP contribution < -0.4 is 0 Å². The van der Waals surface area contributed by atoms with Crippen LogP contribution in [0.4, 0.5) is 0 Å². The van der Waals surface area contributed by atoms with Gasteiger partial charge in [-0.15, -0.1) is 0 Å². The highest BCUT2D eigenvalue weighted by Gasteiger charge is 2.19. The second-order valence-corrected chi connectivity index (χ2v) is 10.6. The molecule has 0 aliphatic rings. The number of fused-ring (bicyclic) bond motifs is 6. The SMILES string of the molecule is [2H]c1c([2H])c([2H])c(-c2nc(-c3c([2H])c([2H])c([2H])c(-c4c([2H])c([2H])c([2H])c([2H])c4[2H])c3[2H])nc(-c3c([2H])c4c(oc5c([2H])c(-c6c([2H])c([2H])c7c([2H])c([2H])c([2H])c([2H])c7c6[2H])c([2H])c([2H])c54)c4c([2H])c([2H])c([2H])c([2H])c34)n2)c([2H])c1[2H]. The Kier molecular flexibility index (Phi) is 2.83. The predicted molar refractivity (Wildman–Crippen MR) is 209 cm³/mol. The van der Waals surface area contributed by atoms with Crippen LogP contribution in [0.2, 0.25) is 0 Å². The van der Waals surface area contributed by atoms with Crippen LogP contribution in [0.1, 0.15) is 39.8 Å². The molecule has 51 heavy (non-hydrogen) atoms. The van der Waals surface area contributed by atoms with Crippen molar-refractivity contribution in [3.63, 3.8) is 0 Å². The zero-order valence-electron chi connectivity index (χ0n) is 54.2. The van der Waals surface area contributed by atoms with Crippen molar-refractivity contribution in [2.75, 3.05) is 0 Å². The fourth-order valence-corrected chi connectivity index (χ4v) is 5.29. The number of rotatable bonds is 5. The van der Waals surface area contributed by atoms with Crippen molar-refractivity contribution in [3.05, 3.63) is 175 Å². The lowest BCUT2D eigenvalue weighted by molar-refractivity contribution is 0.673. The molecule has 238 valence electrons. The molecule has 0 fully saturated rings. The molecule has 4 nitrogen and oxygen atoms in total. The van der Waals surface area contributed by atoms with Crippen LogP contribution in [0.3, 0.4) is 0 Å². The van der Waals surface area contributed by atoms with Crippen molar-refractivity contribution >= 4 is 43.5 Å². The summed E-state index contributed by atoms with van der Waals surface area (Å²) in [5, 5.41) is -3.51. The van der Waals surface area contributed by atoms with Crippen molar-refractivity contribution < 1.29 is 44.2 Å². The van der Waals surface area contributed by atoms with Gasteiger partial charge in [-0.2, -0.15) is 0 Å². The van der Waals surface area contributed by atoms with Crippen LogP contribution in [-0.4, -0.2) is 15.0 Å².